The van der Waals surface area contributed by atoms with Gasteiger partial charge in [-0.15, -0.1) is 4.31 Å². The third-order valence-corrected chi connectivity index (χ3v) is 8.06. The minimum absolute atomic E-state index is 0.00672. The first kappa shape index (κ1) is 24.6. The molecule has 0 aliphatic carbocycles. The van der Waals surface area contributed by atoms with Crippen molar-refractivity contribution in [3.05, 3.63) is 12.7 Å². The van der Waals surface area contributed by atoms with Gasteiger partial charge >= 0.3 is 7.82 Å². The Morgan fingerprint density at radius 2 is 1.94 bits per heavy atom. The van der Waals surface area contributed by atoms with E-state index in [0.717, 1.165) is 22.1 Å². The van der Waals surface area contributed by atoms with Crippen LogP contribution in [0.1, 0.15) is 6.23 Å². The Hall–Kier alpha value is -1.04. The summed E-state index contributed by atoms with van der Waals surface area (Å²) in [5, 5.41) is 20.0. The van der Waals surface area contributed by atoms with Gasteiger partial charge in [0.05, 0.1) is 12.9 Å². The van der Waals surface area contributed by atoms with Gasteiger partial charge in [-0.05, 0) is 4.86 Å². The summed E-state index contributed by atoms with van der Waals surface area (Å²) in [6.45, 7) is -0.865. The van der Waals surface area contributed by atoms with E-state index in [1.165, 1.54) is 0 Å². The first-order valence-corrected chi connectivity index (χ1v) is 12.6. The summed E-state index contributed by atoms with van der Waals surface area (Å²) >= 11 is 0. The zero-order valence-corrected chi connectivity index (χ0v) is 17.6. The molecule has 2 aromatic rings. The quantitative estimate of drug-likeness (QED) is 0.183. The van der Waals surface area contributed by atoms with Gasteiger partial charge in [-0.1, -0.05) is 0 Å². The molecule has 174 valence electrons. The van der Waals surface area contributed by atoms with E-state index in [2.05, 4.69) is 23.8 Å². The lowest BCUT2D eigenvalue weighted by Crippen LogP contribution is -2.48. The van der Waals surface area contributed by atoms with Crippen LogP contribution < -0.4 is 30.2 Å². The van der Waals surface area contributed by atoms with Crippen LogP contribution in [0.15, 0.2) is 12.7 Å². The van der Waals surface area contributed by atoms with Crippen molar-refractivity contribution in [2.75, 3.05) is 12.3 Å². The Labute approximate surface area is 173 Å². The summed E-state index contributed by atoms with van der Waals surface area (Å²) in [7, 11) is -17.1. The number of aliphatic hydroxyl groups is 2. The standard InChI is InChI=1S/C10H17N6O12P3/c11-8-5-9(13-2-12-8)16(3-14-5)10-6(18)7(4(1-17)26-10)27-29(19,20)15-30(21,22)28-31(23,24)25/h2-4,6-7,10,17-18H,1H2,(H2,11,12,13)(H2,23,24,25)(H3,15,19,20,21,22)/p-2/t4-,6-,7-,10-/m1/s1. The Kier molecular flexibility index (Phi) is 6.92. The van der Waals surface area contributed by atoms with Gasteiger partial charge in [-0.3, -0.25) is 4.57 Å². The highest BCUT2D eigenvalue weighted by atomic mass is 31.3. The summed E-state index contributed by atoms with van der Waals surface area (Å²) in [6.07, 6.45) is -4.30. The first-order chi connectivity index (χ1) is 14.2. The Morgan fingerprint density at radius 1 is 1.26 bits per heavy atom. The maximum absolute atomic E-state index is 12.0. The molecule has 4 atom stereocenters. The predicted molar refractivity (Wildman–Crippen MR) is 91.7 cm³/mol. The normalized spacial score (nSPS) is 25.4. The highest BCUT2D eigenvalue weighted by Crippen LogP contribution is 2.60. The molecule has 3 rings (SSSR count). The average molecular weight is 504 g/mol. The maximum Gasteiger partial charge on any atom is 0.504 e. The molecule has 1 aliphatic heterocycles. The van der Waals surface area contributed by atoms with Gasteiger partial charge in [-0.25, -0.2) is 24.0 Å². The van der Waals surface area contributed by atoms with Crippen LogP contribution in [-0.2, 0) is 18.1 Å². The number of hydrogen-bond donors (Lipinski definition) is 6. The molecule has 0 saturated carbocycles. The van der Waals surface area contributed by atoms with Gasteiger partial charge in [0.15, 0.2) is 40.0 Å². The molecule has 1 aliphatic rings. The minimum atomic E-state index is -5.84. The Bertz CT molecular complexity index is 985. The van der Waals surface area contributed by atoms with Crippen molar-refractivity contribution in [2.24, 2.45) is 0 Å². The number of aromatic nitrogens is 4. The van der Waals surface area contributed by atoms with Crippen molar-refractivity contribution < 1.29 is 57.7 Å². The van der Waals surface area contributed by atoms with E-state index in [4.69, 9.17) is 20.3 Å². The van der Waals surface area contributed by atoms with Crippen molar-refractivity contribution in [3.63, 3.8) is 0 Å². The van der Waals surface area contributed by atoms with E-state index in [1.807, 2.05) is 0 Å². The summed E-state index contributed by atoms with van der Waals surface area (Å²) in [6, 6.07) is 0. The van der Waals surface area contributed by atoms with Crippen LogP contribution >= 0.6 is 24.0 Å². The van der Waals surface area contributed by atoms with Gasteiger partial charge in [0.1, 0.15) is 24.1 Å². The lowest BCUT2D eigenvalue weighted by molar-refractivity contribution is -0.356. The number of aliphatic hydroxyl groups excluding tert-OH is 2. The summed E-state index contributed by atoms with van der Waals surface area (Å²) in [4.78, 5) is 76.5. The molecular formula is C10H15N6O12P3-2. The second-order valence-corrected chi connectivity index (χ2v) is 10.7. The summed E-state index contributed by atoms with van der Waals surface area (Å²) < 4.78 is 25.1. The van der Waals surface area contributed by atoms with Gasteiger partial charge < -0.3 is 50.0 Å². The Balaban J connectivity index is 1.81. The van der Waals surface area contributed by atoms with Crippen molar-refractivity contribution in [1.82, 2.24) is 24.4 Å². The molecule has 0 spiro atoms. The fraction of sp³-hybridized carbons (Fsp3) is 0.500. The van der Waals surface area contributed by atoms with Gasteiger partial charge in [-0.2, -0.15) is 0 Å². The van der Waals surface area contributed by atoms with E-state index in [9.17, 15) is 34.4 Å². The molecule has 1 saturated heterocycles. The van der Waals surface area contributed by atoms with E-state index in [1.54, 1.807) is 0 Å². The number of nitrogens with two attached hydrogens (primary N) is 1. The third kappa shape index (κ3) is 5.66. The number of anilines is 1. The van der Waals surface area contributed by atoms with Crippen molar-refractivity contribution in [2.45, 2.75) is 24.5 Å². The molecule has 3 heterocycles. The molecule has 0 amide bonds. The SMILES string of the molecule is Nc1ncnc2c1ncn2[C@@H]1O[C@H](CO)[C@@H](O[P+]([O-])([O-])N[P+]([O-])([O-])OP(=O)(O)O)[C@H]1O. The maximum atomic E-state index is 12.0. The average Bonchev–Trinajstić information content (AvgIpc) is 3.14. The lowest BCUT2D eigenvalue weighted by Gasteiger charge is -2.42. The Morgan fingerprint density at radius 3 is 2.55 bits per heavy atom. The zero-order valence-electron chi connectivity index (χ0n) is 14.9. The largest absolute Gasteiger partial charge is 0.642 e. The van der Waals surface area contributed by atoms with Crippen molar-refractivity contribution in [1.29, 1.82) is 0 Å². The van der Waals surface area contributed by atoms with Crippen LogP contribution in [0, 0.1) is 0 Å². The molecule has 0 bridgehead atoms. The van der Waals surface area contributed by atoms with Gasteiger partial charge in [0.25, 0.3) is 0 Å². The number of nitrogens with zero attached hydrogens (tertiary/aromatic N) is 4. The molecule has 2 aromatic heterocycles. The second kappa shape index (κ2) is 8.72. The number of hydrogen-bond acceptors (Lipinski definition) is 15. The number of phosphoric acid groups is 1. The monoisotopic (exact) mass is 504 g/mol. The van der Waals surface area contributed by atoms with E-state index < -0.39 is 55.2 Å². The van der Waals surface area contributed by atoms with E-state index in [0.29, 0.717) is 0 Å². The van der Waals surface area contributed by atoms with E-state index >= 15 is 0 Å². The highest BCUT2D eigenvalue weighted by molar-refractivity contribution is 7.74. The minimum Gasteiger partial charge on any atom is -0.642 e. The smallest absolute Gasteiger partial charge is 0.504 e. The number of imidazole rings is 1. The molecule has 21 heteroatoms. The topological polar surface area (TPSA) is 300 Å². The molecule has 0 aromatic carbocycles. The molecule has 7 N–H and O–H groups in total. The van der Waals surface area contributed by atoms with Crippen LogP contribution in [0.4, 0.5) is 5.82 Å². The third-order valence-electron chi connectivity index (χ3n) is 3.87. The fourth-order valence-corrected chi connectivity index (χ4v) is 6.34. The van der Waals surface area contributed by atoms with Crippen molar-refractivity contribution >= 4 is 41.0 Å². The fourth-order valence-electron chi connectivity index (χ4n) is 2.77. The van der Waals surface area contributed by atoms with Crippen LogP contribution in [-0.4, -0.2) is 64.4 Å². The summed E-state index contributed by atoms with van der Waals surface area (Å²) in [5.74, 6) is 0.00672. The van der Waals surface area contributed by atoms with E-state index in [-0.39, 0.29) is 17.0 Å². The van der Waals surface area contributed by atoms with Crippen LogP contribution in [0.25, 0.3) is 11.2 Å². The number of rotatable bonds is 8. The number of nitrogens with one attached hydrogen (secondary N) is 1. The second-order valence-electron chi connectivity index (χ2n) is 6.06. The first-order valence-electron chi connectivity index (χ1n) is 7.97. The molecule has 0 unspecified atom stereocenters. The van der Waals surface area contributed by atoms with Crippen LogP contribution in [0.5, 0.6) is 0 Å². The number of ether oxygens (including phenoxy) is 1. The molecule has 0 radical (unpaired) electrons. The zero-order chi connectivity index (χ0) is 23.2. The van der Waals surface area contributed by atoms with Crippen LogP contribution in [0.2, 0.25) is 0 Å². The van der Waals surface area contributed by atoms with Crippen molar-refractivity contribution in [3.8, 4) is 0 Å². The van der Waals surface area contributed by atoms with Gasteiger partial charge in [0.2, 0.25) is 0 Å². The highest BCUT2D eigenvalue weighted by Gasteiger charge is 2.50. The van der Waals surface area contributed by atoms with Gasteiger partial charge in [0, 0.05) is 0 Å². The number of nitrogen functional groups attached to an aromatic ring is 1. The molecule has 31 heavy (non-hydrogen) atoms. The number of fused-ring (bicyclic) bond motifs is 1. The molecule has 18 nitrogen and oxygen atoms in total. The molecular weight excluding hydrogens is 489 g/mol. The van der Waals surface area contributed by atoms with Crippen LogP contribution in [0.3, 0.4) is 0 Å². The lowest BCUT2D eigenvalue weighted by atomic mass is 10.1. The summed E-state index contributed by atoms with van der Waals surface area (Å²) in [5.41, 5.74) is 5.90. The predicted octanol–water partition coefficient (Wildman–Crippen LogP) is -5.46. The molecule has 1 fully saturated rings.